The van der Waals surface area contributed by atoms with E-state index >= 15 is 0 Å². The summed E-state index contributed by atoms with van der Waals surface area (Å²) >= 11 is 11.5. The Morgan fingerprint density at radius 2 is 2.06 bits per heavy atom. The van der Waals surface area contributed by atoms with Gasteiger partial charge in [-0.2, -0.15) is 13.2 Å². The number of halogens is 5. The van der Waals surface area contributed by atoms with Crippen LogP contribution in [0.1, 0.15) is 12.0 Å². The molecule has 0 aliphatic carbocycles. The molecular weight excluding hydrogens is 276 g/mol. The van der Waals surface area contributed by atoms with Crippen molar-refractivity contribution in [2.75, 3.05) is 18.5 Å². The van der Waals surface area contributed by atoms with Crippen LogP contribution in [0.2, 0.25) is 5.02 Å². The van der Waals surface area contributed by atoms with E-state index in [4.69, 9.17) is 23.2 Å². The van der Waals surface area contributed by atoms with E-state index < -0.39 is 12.6 Å². The molecule has 17 heavy (non-hydrogen) atoms. The van der Waals surface area contributed by atoms with Gasteiger partial charge in [0.15, 0.2) is 0 Å². The van der Waals surface area contributed by atoms with Gasteiger partial charge in [0, 0.05) is 25.7 Å². The van der Waals surface area contributed by atoms with Crippen LogP contribution in [0.3, 0.4) is 0 Å². The van der Waals surface area contributed by atoms with Crippen molar-refractivity contribution in [1.82, 2.24) is 4.98 Å². The lowest BCUT2D eigenvalue weighted by Gasteiger charge is -2.19. The quantitative estimate of drug-likeness (QED) is 0.782. The van der Waals surface area contributed by atoms with Gasteiger partial charge in [0.25, 0.3) is 0 Å². The van der Waals surface area contributed by atoms with Crippen molar-refractivity contribution in [3.63, 3.8) is 0 Å². The molecule has 2 nitrogen and oxygen atoms in total. The van der Waals surface area contributed by atoms with Crippen LogP contribution in [0.4, 0.5) is 19.0 Å². The fourth-order valence-corrected chi connectivity index (χ4v) is 1.65. The predicted octanol–water partition coefficient (Wildman–Crippen LogP) is 3.86. The van der Waals surface area contributed by atoms with E-state index in [2.05, 4.69) is 4.98 Å². The Labute approximate surface area is 107 Å². The highest BCUT2D eigenvalue weighted by Gasteiger charge is 2.27. The minimum atomic E-state index is -4.17. The van der Waals surface area contributed by atoms with Crippen LogP contribution in [-0.2, 0) is 5.88 Å². The highest BCUT2D eigenvalue weighted by molar-refractivity contribution is 6.32. The number of nitrogens with zero attached hydrogens (tertiary/aromatic N) is 2. The van der Waals surface area contributed by atoms with Crippen LogP contribution < -0.4 is 4.90 Å². The Kier molecular flexibility index (Phi) is 4.89. The number of pyridine rings is 1. The number of hydrogen-bond donors (Lipinski definition) is 0. The first-order valence-corrected chi connectivity index (χ1v) is 5.73. The van der Waals surface area contributed by atoms with Crippen molar-refractivity contribution in [2.45, 2.75) is 18.5 Å². The second kappa shape index (κ2) is 5.78. The van der Waals surface area contributed by atoms with Crippen molar-refractivity contribution >= 4 is 29.0 Å². The fourth-order valence-electron chi connectivity index (χ4n) is 1.19. The van der Waals surface area contributed by atoms with E-state index in [1.165, 1.54) is 11.1 Å². The molecule has 0 unspecified atom stereocenters. The zero-order valence-corrected chi connectivity index (χ0v) is 10.6. The van der Waals surface area contributed by atoms with Crippen molar-refractivity contribution in [3.8, 4) is 0 Å². The first-order valence-electron chi connectivity index (χ1n) is 4.82. The summed E-state index contributed by atoms with van der Waals surface area (Å²) in [4.78, 5) is 5.37. The summed E-state index contributed by atoms with van der Waals surface area (Å²) in [5.41, 5.74) is 0.650. The lowest BCUT2D eigenvalue weighted by atomic mass is 10.3. The van der Waals surface area contributed by atoms with Gasteiger partial charge in [-0.05, 0) is 11.6 Å². The molecule has 0 spiro atoms. The standard InChI is InChI=1S/C10H11Cl2F3N2/c1-17(3-2-10(13,14)15)9-4-7(5-11)8(12)6-16-9/h4,6H,2-3,5H2,1H3. The van der Waals surface area contributed by atoms with E-state index in [0.29, 0.717) is 16.4 Å². The van der Waals surface area contributed by atoms with Gasteiger partial charge in [0.05, 0.1) is 11.4 Å². The molecule has 0 aliphatic heterocycles. The summed E-state index contributed by atoms with van der Waals surface area (Å²) in [6.07, 6.45) is -3.67. The van der Waals surface area contributed by atoms with E-state index in [-0.39, 0.29) is 12.4 Å². The maximum absolute atomic E-state index is 12.1. The Morgan fingerprint density at radius 3 is 2.59 bits per heavy atom. The summed E-state index contributed by atoms with van der Waals surface area (Å²) in [7, 11) is 1.54. The maximum Gasteiger partial charge on any atom is 0.390 e. The smallest absolute Gasteiger partial charge is 0.359 e. The van der Waals surface area contributed by atoms with Crippen molar-refractivity contribution in [2.24, 2.45) is 0 Å². The molecule has 0 aliphatic rings. The van der Waals surface area contributed by atoms with E-state index in [1.807, 2.05) is 0 Å². The highest BCUT2D eigenvalue weighted by atomic mass is 35.5. The molecule has 0 radical (unpaired) electrons. The third kappa shape index (κ3) is 4.60. The van der Waals surface area contributed by atoms with E-state index in [0.717, 1.165) is 0 Å². The largest absolute Gasteiger partial charge is 0.390 e. The fraction of sp³-hybridized carbons (Fsp3) is 0.500. The first kappa shape index (κ1) is 14.4. The van der Waals surface area contributed by atoms with Gasteiger partial charge in [0.1, 0.15) is 5.82 Å². The Morgan fingerprint density at radius 1 is 1.41 bits per heavy atom. The lowest BCUT2D eigenvalue weighted by molar-refractivity contribution is -0.132. The molecule has 0 saturated carbocycles. The normalized spacial score (nSPS) is 11.6. The van der Waals surface area contributed by atoms with Crippen LogP contribution in [0.25, 0.3) is 0 Å². The Bertz CT molecular complexity index is 382. The molecule has 0 N–H and O–H groups in total. The van der Waals surface area contributed by atoms with Gasteiger partial charge >= 0.3 is 6.18 Å². The lowest BCUT2D eigenvalue weighted by Crippen LogP contribution is -2.24. The molecule has 0 bridgehead atoms. The molecule has 0 atom stereocenters. The Balaban J connectivity index is 2.72. The molecule has 0 fully saturated rings. The van der Waals surface area contributed by atoms with E-state index in [1.54, 1.807) is 13.1 Å². The third-order valence-electron chi connectivity index (χ3n) is 2.19. The van der Waals surface area contributed by atoms with Crippen molar-refractivity contribution in [1.29, 1.82) is 0 Å². The van der Waals surface area contributed by atoms with Gasteiger partial charge in [-0.3, -0.25) is 0 Å². The number of alkyl halides is 4. The monoisotopic (exact) mass is 286 g/mol. The Hall–Kier alpha value is -0.680. The topological polar surface area (TPSA) is 16.1 Å². The number of aromatic nitrogens is 1. The molecular formula is C10H11Cl2F3N2. The first-order chi connectivity index (χ1) is 7.83. The molecule has 0 saturated heterocycles. The van der Waals surface area contributed by atoms with Crippen LogP contribution in [0, 0.1) is 0 Å². The molecule has 96 valence electrons. The zero-order chi connectivity index (χ0) is 13.1. The van der Waals surface area contributed by atoms with Crippen molar-refractivity contribution in [3.05, 3.63) is 22.8 Å². The number of anilines is 1. The van der Waals surface area contributed by atoms with Gasteiger partial charge < -0.3 is 4.90 Å². The molecule has 1 heterocycles. The summed E-state index contributed by atoms with van der Waals surface area (Å²) in [6.45, 7) is -0.153. The average molecular weight is 287 g/mol. The van der Waals surface area contributed by atoms with E-state index in [9.17, 15) is 13.2 Å². The average Bonchev–Trinajstić information content (AvgIpc) is 2.25. The number of hydrogen-bond acceptors (Lipinski definition) is 2. The zero-order valence-electron chi connectivity index (χ0n) is 9.06. The minimum Gasteiger partial charge on any atom is -0.359 e. The van der Waals surface area contributed by atoms with Crippen LogP contribution in [0.5, 0.6) is 0 Å². The second-order valence-corrected chi connectivity index (χ2v) is 4.23. The molecule has 0 aromatic carbocycles. The second-order valence-electron chi connectivity index (χ2n) is 3.55. The van der Waals surface area contributed by atoms with Gasteiger partial charge in [-0.15, -0.1) is 11.6 Å². The summed E-state index contributed by atoms with van der Waals surface area (Å²) in [5.74, 6) is 0.621. The summed E-state index contributed by atoms with van der Waals surface area (Å²) in [6, 6.07) is 1.59. The molecule has 0 amide bonds. The molecule has 1 aromatic rings. The highest BCUT2D eigenvalue weighted by Crippen LogP contribution is 2.24. The van der Waals surface area contributed by atoms with Crippen LogP contribution >= 0.6 is 23.2 Å². The molecule has 1 rings (SSSR count). The predicted molar refractivity (Wildman–Crippen MR) is 62.7 cm³/mol. The SMILES string of the molecule is CN(CCC(F)(F)F)c1cc(CCl)c(Cl)cn1. The van der Waals surface area contributed by atoms with Gasteiger partial charge in [-0.1, -0.05) is 11.6 Å². The summed E-state index contributed by atoms with van der Waals surface area (Å²) in [5, 5.41) is 0.410. The minimum absolute atomic E-state index is 0.153. The van der Waals surface area contributed by atoms with Crippen LogP contribution in [0.15, 0.2) is 12.3 Å². The van der Waals surface area contributed by atoms with Gasteiger partial charge in [-0.25, -0.2) is 4.98 Å². The van der Waals surface area contributed by atoms with Gasteiger partial charge in [0.2, 0.25) is 0 Å². The maximum atomic E-state index is 12.1. The third-order valence-corrected chi connectivity index (χ3v) is 2.81. The summed E-state index contributed by atoms with van der Waals surface area (Å²) < 4.78 is 36.2. The van der Waals surface area contributed by atoms with Crippen molar-refractivity contribution < 1.29 is 13.2 Å². The van der Waals surface area contributed by atoms with Crippen LogP contribution in [-0.4, -0.2) is 24.8 Å². The number of rotatable bonds is 4. The molecule has 1 aromatic heterocycles. The molecule has 7 heteroatoms.